The van der Waals surface area contributed by atoms with Crippen molar-refractivity contribution in [1.82, 2.24) is 10.3 Å². The molecule has 0 saturated heterocycles. The molecule has 0 aliphatic rings. The van der Waals surface area contributed by atoms with Crippen LogP contribution in [0, 0.1) is 0 Å². The van der Waals surface area contributed by atoms with E-state index in [1.807, 2.05) is 19.2 Å². The Morgan fingerprint density at radius 2 is 1.96 bits per heavy atom. The van der Waals surface area contributed by atoms with Crippen molar-refractivity contribution in [2.75, 3.05) is 26.0 Å². The van der Waals surface area contributed by atoms with Crippen molar-refractivity contribution in [2.45, 2.75) is 19.4 Å². The molecule has 1 aromatic carbocycles. The summed E-state index contributed by atoms with van der Waals surface area (Å²) in [5.74, 6) is 1.19. The van der Waals surface area contributed by atoms with Gasteiger partial charge in [0, 0.05) is 30.6 Å². The lowest BCUT2D eigenvalue weighted by atomic mass is 10.2. The molecule has 2 aromatic rings. The van der Waals surface area contributed by atoms with Crippen LogP contribution < -0.4 is 20.1 Å². The van der Waals surface area contributed by atoms with Gasteiger partial charge in [0.1, 0.15) is 6.61 Å². The third-order valence-electron chi connectivity index (χ3n) is 3.42. The molecule has 0 spiro atoms. The molecule has 0 unspecified atom stereocenters. The van der Waals surface area contributed by atoms with Crippen molar-refractivity contribution >= 4 is 11.6 Å². The minimum atomic E-state index is -0.0181. The van der Waals surface area contributed by atoms with Crippen molar-refractivity contribution < 1.29 is 14.3 Å². The van der Waals surface area contributed by atoms with Gasteiger partial charge >= 0.3 is 0 Å². The third kappa shape index (κ3) is 5.55. The fourth-order valence-corrected chi connectivity index (χ4v) is 2.16. The van der Waals surface area contributed by atoms with Crippen molar-refractivity contribution in [2.24, 2.45) is 0 Å². The summed E-state index contributed by atoms with van der Waals surface area (Å²) < 4.78 is 11.1. The lowest BCUT2D eigenvalue weighted by Gasteiger charge is -2.13. The molecule has 0 saturated carbocycles. The zero-order valence-corrected chi connectivity index (χ0v) is 14.0. The highest BCUT2D eigenvalue weighted by atomic mass is 16.5. The molecule has 1 amide bonds. The van der Waals surface area contributed by atoms with Crippen molar-refractivity contribution in [3.05, 3.63) is 48.3 Å². The highest BCUT2D eigenvalue weighted by Crippen LogP contribution is 2.31. The van der Waals surface area contributed by atoms with Gasteiger partial charge in [-0.3, -0.25) is 9.78 Å². The highest BCUT2D eigenvalue weighted by Gasteiger charge is 2.08. The summed E-state index contributed by atoms with van der Waals surface area (Å²) in [6.07, 6.45) is 4.71. The molecule has 6 heteroatoms. The van der Waals surface area contributed by atoms with Gasteiger partial charge in [0.2, 0.25) is 5.91 Å². The minimum Gasteiger partial charge on any atom is -0.493 e. The number of carbonyl (C=O) groups excluding carboxylic acids is 1. The predicted molar refractivity (Wildman–Crippen MR) is 93.4 cm³/mol. The van der Waals surface area contributed by atoms with Crippen LogP contribution in [-0.4, -0.2) is 31.6 Å². The van der Waals surface area contributed by atoms with Crippen molar-refractivity contribution in [3.8, 4) is 11.5 Å². The van der Waals surface area contributed by atoms with Crippen LogP contribution in [0.15, 0.2) is 42.7 Å². The lowest BCUT2D eigenvalue weighted by Crippen LogP contribution is -2.15. The van der Waals surface area contributed by atoms with Gasteiger partial charge < -0.3 is 20.1 Å². The van der Waals surface area contributed by atoms with E-state index in [2.05, 4.69) is 15.6 Å². The Morgan fingerprint density at radius 3 is 2.67 bits per heavy atom. The number of nitrogens with one attached hydrogen (secondary N) is 2. The van der Waals surface area contributed by atoms with Crippen LogP contribution in [0.4, 0.5) is 5.69 Å². The number of anilines is 1. The molecule has 2 rings (SSSR count). The molecular weight excluding hydrogens is 306 g/mol. The van der Waals surface area contributed by atoms with E-state index in [1.54, 1.807) is 37.7 Å². The van der Waals surface area contributed by atoms with Gasteiger partial charge in [0.05, 0.1) is 7.11 Å². The molecular formula is C18H23N3O3. The summed E-state index contributed by atoms with van der Waals surface area (Å²) in [4.78, 5) is 15.9. The minimum absolute atomic E-state index is 0.0181. The van der Waals surface area contributed by atoms with Crippen LogP contribution in [0.3, 0.4) is 0 Å². The Morgan fingerprint density at radius 1 is 1.17 bits per heavy atom. The Balaban J connectivity index is 2.00. The van der Waals surface area contributed by atoms with Gasteiger partial charge in [-0.15, -0.1) is 0 Å². The third-order valence-corrected chi connectivity index (χ3v) is 3.42. The summed E-state index contributed by atoms with van der Waals surface area (Å²) in [6.45, 7) is 1.22. The molecule has 0 radical (unpaired) electrons. The summed E-state index contributed by atoms with van der Waals surface area (Å²) in [6, 6.07) is 9.13. The fraction of sp³-hybridized carbons (Fsp3) is 0.333. The molecule has 24 heavy (non-hydrogen) atoms. The Labute approximate surface area is 142 Å². The number of benzene rings is 1. The smallest absolute Gasteiger partial charge is 0.224 e. The van der Waals surface area contributed by atoms with Crippen LogP contribution in [-0.2, 0) is 11.4 Å². The van der Waals surface area contributed by atoms with Crippen LogP contribution in [0.5, 0.6) is 11.5 Å². The topological polar surface area (TPSA) is 72.5 Å². The standard InChI is InChI=1S/C18H23N3O3/c1-19-9-3-4-18(22)21-15-5-6-16(23-2)17(12-15)24-13-14-7-10-20-11-8-14/h5-8,10-12,19H,3-4,9,13H2,1-2H3,(H,21,22). The average Bonchev–Trinajstić information content (AvgIpc) is 2.61. The van der Waals surface area contributed by atoms with E-state index in [4.69, 9.17) is 9.47 Å². The molecule has 2 N–H and O–H groups in total. The van der Waals surface area contributed by atoms with E-state index in [1.165, 1.54) is 0 Å². The molecule has 0 atom stereocenters. The van der Waals surface area contributed by atoms with Crippen molar-refractivity contribution in [1.29, 1.82) is 0 Å². The Kier molecular flexibility index (Phi) is 7.04. The first-order valence-corrected chi connectivity index (χ1v) is 7.87. The second-order valence-corrected chi connectivity index (χ2v) is 5.27. The molecule has 0 aliphatic heterocycles. The summed E-state index contributed by atoms with van der Waals surface area (Å²) in [5.41, 5.74) is 1.70. The van der Waals surface area contributed by atoms with Crippen LogP contribution >= 0.6 is 0 Å². The molecule has 6 nitrogen and oxygen atoms in total. The number of aromatic nitrogens is 1. The number of pyridine rings is 1. The second-order valence-electron chi connectivity index (χ2n) is 5.27. The number of methoxy groups -OCH3 is 1. The average molecular weight is 329 g/mol. The fourth-order valence-electron chi connectivity index (χ4n) is 2.16. The summed E-state index contributed by atoms with van der Waals surface area (Å²) >= 11 is 0. The van der Waals surface area contributed by atoms with E-state index in [0.29, 0.717) is 30.2 Å². The van der Waals surface area contributed by atoms with E-state index >= 15 is 0 Å². The maximum absolute atomic E-state index is 11.9. The number of amides is 1. The van der Waals surface area contributed by atoms with Gasteiger partial charge in [-0.25, -0.2) is 0 Å². The Hall–Kier alpha value is -2.60. The maximum Gasteiger partial charge on any atom is 0.224 e. The van der Waals surface area contributed by atoms with Crippen LogP contribution in [0.2, 0.25) is 0 Å². The number of ether oxygens (including phenoxy) is 2. The van der Waals surface area contributed by atoms with Gasteiger partial charge in [0.15, 0.2) is 11.5 Å². The maximum atomic E-state index is 11.9. The van der Waals surface area contributed by atoms with Gasteiger partial charge in [-0.05, 0) is 49.8 Å². The molecule has 0 aliphatic carbocycles. The summed E-state index contributed by atoms with van der Waals surface area (Å²) in [7, 11) is 3.46. The SMILES string of the molecule is CNCCCC(=O)Nc1ccc(OC)c(OCc2ccncc2)c1. The zero-order chi connectivity index (χ0) is 17.2. The number of hydrogen-bond acceptors (Lipinski definition) is 5. The number of hydrogen-bond donors (Lipinski definition) is 2. The molecule has 0 bridgehead atoms. The first kappa shape index (κ1) is 17.7. The van der Waals surface area contributed by atoms with Crippen LogP contribution in [0.1, 0.15) is 18.4 Å². The quantitative estimate of drug-likeness (QED) is 0.692. The monoisotopic (exact) mass is 329 g/mol. The zero-order valence-electron chi connectivity index (χ0n) is 14.0. The molecule has 1 aromatic heterocycles. The van der Waals surface area contributed by atoms with E-state index in [0.717, 1.165) is 18.5 Å². The first-order valence-electron chi connectivity index (χ1n) is 7.87. The number of nitrogens with zero attached hydrogens (tertiary/aromatic N) is 1. The normalized spacial score (nSPS) is 10.2. The molecule has 0 fully saturated rings. The van der Waals surface area contributed by atoms with E-state index < -0.39 is 0 Å². The lowest BCUT2D eigenvalue weighted by molar-refractivity contribution is -0.116. The first-order chi connectivity index (χ1) is 11.7. The summed E-state index contributed by atoms with van der Waals surface area (Å²) in [5, 5.41) is 5.90. The van der Waals surface area contributed by atoms with Crippen LogP contribution in [0.25, 0.3) is 0 Å². The predicted octanol–water partition coefficient (Wildman–Crippen LogP) is 2.61. The molecule has 128 valence electrons. The van der Waals surface area contributed by atoms with E-state index in [-0.39, 0.29) is 5.91 Å². The number of rotatable bonds is 9. The largest absolute Gasteiger partial charge is 0.493 e. The Bertz CT molecular complexity index is 647. The number of carbonyl (C=O) groups is 1. The van der Waals surface area contributed by atoms with E-state index in [9.17, 15) is 4.79 Å². The highest BCUT2D eigenvalue weighted by molar-refractivity contribution is 5.91. The van der Waals surface area contributed by atoms with Gasteiger partial charge in [-0.1, -0.05) is 0 Å². The van der Waals surface area contributed by atoms with Crippen molar-refractivity contribution in [3.63, 3.8) is 0 Å². The second kappa shape index (κ2) is 9.52. The van der Waals surface area contributed by atoms with Gasteiger partial charge in [-0.2, -0.15) is 0 Å². The molecule has 1 heterocycles. The van der Waals surface area contributed by atoms with Gasteiger partial charge in [0.25, 0.3) is 0 Å².